The lowest BCUT2D eigenvalue weighted by Gasteiger charge is -2.28. The molecule has 1 aromatic carbocycles. The first kappa shape index (κ1) is 18.0. The Morgan fingerprint density at radius 2 is 1.81 bits per heavy atom. The fourth-order valence-corrected chi connectivity index (χ4v) is 2.59. The molecular weight excluding hydrogens is 282 g/mol. The fourth-order valence-electron chi connectivity index (χ4n) is 2.59. The van der Waals surface area contributed by atoms with E-state index in [4.69, 9.17) is 0 Å². The molecular formula is C16H23F4N. The highest BCUT2D eigenvalue weighted by molar-refractivity contribution is 5.33. The van der Waals surface area contributed by atoms with Gasteiger partial charge in [-0.3, -0.25) is 0 Å². The average Bonchev–Trinajstić information content (AvgIpc) is 2.38. The molecule has 120 valence electrons. The predicted octanol–water partition coefficient (Wildman–Crippen LogP) is 5.32. The van der Waals surface area contributed by atoms with Crippen LogP contribution in [0.3, 0.4) is 0 Å². The molecule has 1 N–H and O–H groups in total. The number of benzene rings is 1. The van der Waals surface area contributed by atoms with Gasteiger partial charge in [0, 0.05) is 6.04 Å². The normalized spacial score (nSPS) is 15.0. The lowest BCUT2D eigenvalue weighted by Crippen LogP contribution is -2.30. The van der Waals surface area contributed by atoms with Crippen LogP contribution in [0.15, 0.2) is 18.2 Å². The fraction of sp³-hybridized carbons (Fsp3) is 0.625. The summed E-state index contributed by atoms with van der Waals surface area (Å²) in [5.41, 5.74) is -0.739. The van der Waals surface area contributed by atoms with Crippen molar-refractivity contribution < 1.29 is 17.6 Å². The molecule has 0 fully saturated rings. The summed E-state index contributed by atoms with van der Waals surface area (Å²) in [5.74, 6) is -0.630. The van der Waals surface area contributed by atoms with E-state index in [9.17, 15) is 17.6 Å². The van der Waals surface area contributed by atoms with Crippen LogP contribution in [-0.4, -0.2) is 6.54 Å². The summed E-state index contributed by atoms with van der Waals surface area (Å²) in [6, 6.07) is 2.23. The van der Waals surface area contributed by atoms with E-state index >= 15 is 0 Å². The van der Waals surface area contributed by atoms with Crippen LogP contribution in [0.1, 0.15) is 57.2 Å². The van der Waals surface area contributed by atoms with E-state index in [0.29, 0.717) is 6.54 Å². The maximum Gasteiger partial charge on any atom is 0.416 e. The molecule has 0 amide bonds. The second-order valence-electron chi connectivity index (χ2n) is 5.43. The Hall–Kier alpha value is -1.10. The molecule has 1 rings (SSSR count). The molecule has 0 heterocycles. The van der Waals surface area contributed by atoms with Crippen molar-refractivity contribution in [2.75, 3.05) is 6.54 Å². The van der Waals surface area contributed by atoms with Gasteiger partial charge in [0.2, 0.25) is 0 Å². The van der Waals surface area contributed by atoms with Crippen molar-refractivity contribution >= 4 is 0 Å². The summed E-state index contributed by atoms with van der Waals surface area (Å²) in [6.07, 6.45) is -2.00. The number of hydrogen-bond acceptors (Lipinski definition) is 1. The molecule has 5 heteroatoms. The van der Waals surface area contributed by atoms with Crippen molar-refractivity contribution in [1.82, 2.24) is 5.32 Å². The van der Waals surface area contributed by atoms with Gasteiger partial charge in [-0.2, -0.15) is 13.2 Å². The molecule has 2 atom stereocenters. The first-order valence-corrected chi connectivity index (χ1v) is 7.41. The molecule has 0 aliphatic carbocycles. The van der Waals surface area contributed by atoms with Crippen LogP contribution in [0.4, 0.5) is 17.6 Å². The molecule has 1 aromatic rings. The van der Waals surface area contributed by atoms with Gasteiger partial charge < -0.3 is 5.32 Å². The zero-order valence-electron chi connectivity index (χ0n) is 12.7. The second kappa shape index (κ2) is 7.78. The molecule has 0 aliphatic heterocycles. The van der Waals surface area contributed by atoms with Crippen LogP contribution in [0.5, 0.6) is 0 Å². The molecule has 0 saturated carbocycles. The van der Waals surface area contributed by atoms with E-state index in [2.05, 4.69) is 5.32 Å². The third-order valence-corrected chi connectivity index (χ3v) is 3.58. The number of hydrogen-bond donors (Lipinski definition) is 1. The van der Waals surface area contributed by atoms with Gasteiger partial charge >= 0.3 is 6.18 Å². The van der Waals surface area contributed by atoms with Crippen molar-refractivity contribution in [2.24, 2.45) is 5.92 Å². The van der Waals surface area contributed by atoms with E-state index in [1.165, 1.54) is 0 Å². The lowest BCUT2D eigenvalue weighted by atomic mass is 9.88. The Bertz CT molecular complexity index is 442. The van der Waals surface area contributed by atoms with Gasteiger partial charge in [-0.15, -0.1) is 0 Å². The maximum absolute atomic E-state index is 13.5. The van der Waals surface area contributed by atoms with Gasteiger partial charge in [0.25, 0.3) is 0 Å². The van der Waals surface area contributed by atoms with E-state index in [0.717, 1.165) is 37.5 Å². The highest BCUT2D eigenvalue weighted by atomic mass is 19.4. The highest BCUT2D eigenvalue weighted by Crippen LogP contribution is 2.38. The van der Waals surface area contributed by atoms with Gasteiger partial charge in [0.05, 0.1) is 5.56 Å². The van der Waals surface area contributed by atoms with Gasteiger partial charge in [-0.05, 0) is 49.1 Å². The number of rotatable bonds is 7. The van der Waals surface area contributed by atoms with Gasteiger partial charge in [0.1, 0.15) is 5.82 Å². The Morgan fingerprint density at radius 3 is 2.33 bits per heavy atom. The second-order valence-corrected chi connectivity index (χ2v) is 5.43. The van der Waals surface area contributed by atoms with Crippen molar-refractivity contribution in [3.63, 3.8) is 0 Å². The monoisotopic (exact) mass is 305 g/mol. The molecule has 0 bridgehead atoms. The first-order valence-electron chi connectivity index (χ1n) is 7.41. The number of nitrogens with one attached hydrogen (secondary N) is 1. The maximum atomic E-state index is 13.5. The standard InChI is InChI=1S/C16H23F4N/c1-4-6-11(3)15(21-9-5-2)13-10-12(17)7-8-14(13)16(18,19)20/h7-8,10-11,15,21H,4-6,9H2,1-3H3. The molecule has 0 aliphatic rings. The Balaban J connectivity index is 3.24. The quantitative estimate of drug-likeness (QED) is 0.672. The van der Waals surface area contributed by atoms with E-state index < -0.39 is 23.6 Å². The smallest absolute Gasteiger partial charge is 0.310 e. The average molecular weight is 305 g/mol. The van der Waals surface area contributed by atoms with Crippen LogP contribution in [0, 0.1) is 11.7 Å². The van der Waals surface area contributed by atoms with Crippen molar-refractivity contribution in [3.8, 4) is 0 Å². The van der Waals surface area contributed by atoms with Crippen LogP contribution in [-0.2, 0) is 6.18 Å². The third-order valence-electron chi connectivity index (χ3n) is 3.58. The molecule has 1 nitrogen and oxygen atoms in total. The molecule has 21 heavy (non-hydrogen) atoms. The summed E-state index contributed by atoms with van der Waals surface area (Å²) in [5, 5.41) is 3.14. The Labute approximate surface area is 123 Å². The summed E-state index contributed by atoms with van der Waals surface area (Å²) in [7, 11) is 0. The van der Waals surface area contributed by atoms with Crippen LogP contribution < -0.4 is 5.32 Å². The van der Waals surface area contributed by atoms with E-state index in [1.54, 1.807) is 0 Å². The van der Waals surface area contributed by atoms with Crippen molar-refractivity contribution in [3.05, 3.63) is 35.1 Å². The van der Waals surface area contributed by atoms with Crippen LogP contribution in [0.25, 0.3) is 0 Å². The zero-order valence-corrected chi connectivity index (χ0v) is 12.7. The topological polar surface area (TPSA) is 12.0 Å². The lowest BCUT2D eigenvalue weighted by molar-refractivity contribution is -0.138. The molecule has 0 aromatic heterocycles. The van der Waals surface area contributed by atoms with Gasteiger partial charge in [0.15, 0.2) is 0 Å². The van der Waals surface area contributed by atoms with Crippen molar-refractivity contribution in [1.29, 1.82) is 0 Å². The Morgan fingerprint density at radius 1 is 1.14 bits per heavy atom. The largest absolute Gasteiger partial charge is 0.416 e. The summed E-state index contributed by atoms with van der Waals surface area (Å²) in [6.45, 7) is 6.45. The highest BCUT2D eigenvalue weighted by Gasteiger charge is 2.36. The molecule has 2 unspecified atom stereocenters. The Kier molecular flexibility index (Phi) is 6.65. The van der Waals surface area contributed by atoms with Gasteiger partial charge in [-0.25, -0.2) is 4.39 Å². The minimum Gasteiger partial charge on any atom is -0.310 e. The van der Waals surface area contributed by atoms with E-state index in [-0.39, 0.29) is 11.5 Å². The van der Waals surface area contributed by atoms with E-state index in [1.807, 2.05) is 20.8 Å². The van der Waals surface area contributed by atoms with Crippen LogP contribution >= 0.6 is 0 Å². The number of halogens is 4. The SMILES string of the molecule is CCCNC(c1cc(F)ccc1C(F)(F)F)C(C)CCC. The van der Waals surface area contributed by atoms with Gasteiger partial charge in [-0.1, -0.05) is 27.2 Å². The summed E-state index contributed by atoms with van der Waals surface area (Å²) >= 11 is 0. The molecule has 0 spiro atoms. The minimum absolute atomic E-state index is 0.00412. The zero-order chi connectivity index (χ0) is 16.0. The summed E-state index contributed by atoms with van der Waals surface area (Å²) < 4.78 is 53.0. The minimum atomic E-state index is -4.47. The molecule has 0 radical (unpaired) electrons. The van der Waals surface area contributed by atoms with Crippen molar-refractivity contribution in [2.45, 2.75) is 52.3 Å². The first-order chi connectivity index (χ1) is 9.81. The summed E-state index contributed by atoms with van der Waals surface area (Å²) in [4.78, 5) is 0. The predicted molar refractivity (Wildman–Crippen MR) is 76.5 cm³/mol. The molecule has 0 saturated heterocycles. The number of alkyl halides is 3. The van der Waals surface area contributed by atoms with Crippen LogP contribution in [0.2, 0.25) is 0 Å². The third kappa shape index (κ3) is 4.99.